The van der Waals surface area contributed by atoms with Crippen LogP contribution in [0.4, 0.5) is 4.79 Å². The smallest absolute Gasteiger partial charge is 0.317 e. The molecular formula is C19H30N2O3. The summed E-state index contributed by atoms with van der Waals surface area (Å²) in [5.74, 6) is 0. The van der Waals surface area contributed by atoms with Gasteiger partial charge in [-0.15, -0.1) is 0 Å². The molecular weight excluding hydrogens is 304 g/mol. The lowest BCUT2D eigenvalue weighted by Crippen LogP contribution is -2.51. The third kappa shape index (κ3) is 6.13. The van der Waals surface area contributed by atoms with E-state index in [1.807, 2.05) is 57.7 Å². The molecule has 1 aliphatic heterocycles. The van der Waals surface area contributed by atoms with Gasteiger partial charge < -0.3 is 19.7 Å². The van der Waals surface area contributed by atoms with Gasteiger partial charge in [0.25, 0.3) is 0 Å². The molecule has 5 nitrogen and oxygen atoms in total. The van der Waals surface area contributed by atoms with E-state index < -0.39 is 0 Å². The Bertz CT molecular complexity index is 544. The number of amides is 2. The summed E-state index contributed by atoms with van der Waals surface area (Å²) >= 11 is 0. The Morgan fingerprint density at radius 2 is 1.88 bits per heavy atom. The minimum absolute atomic E-state index is 0.0339. The number of hydrogen-bond donors (Lipinski definition) is 1. The molecule has 1 saturated heterocycles. The van der Waals surface area contributed by atoms with Crippen LogP contribution in [0.2, 0.25) is 0 Å². The number of carbonyl (C=O) groups is 1. The van der Waals surface area contributed by atoms with Crippen molar-refractivity contribution in [3.05, 3.63) is 35.4 Å². The van der Waals surface area contributed by atoms with Crippen molar-refractivity contribution in [1.29, 1.82) is 0 Å². The van der Waals surface area contributed by atoms with Crippen LogP contribution >= 0.6 is 0 Å². The fraction of sp³-hybridized carbons (Fsp3) is 0.632. The van der Waals surface area contributed by atoms with Gasteiger partial charge in [-0.3, -0.25) is 0 Å². The largest absolute Gasteiger partial charge is 0.372 e. The summed E-state index contributed by atoms with van der Waals surface area (Å²) in [6.45, 7) is 12.5. The molecule has 1 aliphatic rings. The molecule has 2 rings (SSSR count). The first-order valence-corrected chi connectivity index (χ1v) is 8.63. The maximum absolute atomic E-state index is 12.3. The van der Waals surface area contributed by atoms with E-state index in [0.29, 0.717) is 26.2 Å². The van der Waals surface area contributed by atoms with E-state index >= 15 is 0 Å². The molecule has 5 heteroatoms. The lowest BCUT2D eigenvalue weighted by atomic mass is 10.1. The maximum atomic E-state index is 12.3. The molecule has 1 aromatic carbocycles. The van der Waals surface area contributed by atoms with Crippen molar-refractivity contribution in [3.8, 4) is 0 Å². The molecule has 0 saturated carbocycles. The first-order chi connectivity index (χ1) is 11.2. The average Bonchev–Trinajstić information content (AvgIpc) is 2.49. The van der Waals surface area contributed by atoms with E-state index in [1.54, 1.807) is 0 Å². The highest BCUT2D eigenvalue weighted by molar-refractivity contribution is 5.74. The second kappa shape index (κ2) is 7.99. The monoisotopic (exact) mass is 334 g/mol. The topological polar surface area (TPSA) is 50.8 Å². The number of nitrogens with zero attached hydrogens (tertiary/aromatic N) is 1. The van der Waals surface area contributed by atoms with Crippen LogP contribution in [0.25, 0.3) is 0 Å². The van der Waals surface area contributed by atoms with Crippen molar-refractivity contribution in [1.82, 2.24) is 10.2 Å². The summed E-state index contributed by atoms with van der Waals surface area (Å²) in [6, 6.07) is 8.11. The van der Waals surface area contributed by atoms with Crippen LogP contribution in [0.3, 0.4) is 0 Å². The van der Waals surface area contributed by atoms with Gasteiger partial charge in [-0.05, 0) is 45.7 Å². The van der Waals surface area contributed by atoms with Crippen LogP contribution in [0.15, 0.2) is 24.3 Å². The van der Waals surface area contributed by atoms with Crippen molar-refractivity contribution in [2.75, 3.05) is 13.1 Å². The molecule has 1 aromatic rings. The molecule has 0 aliphatic carbocycles. The van der Waals surface area contributed by atoms with Gasteiger partial charge in [-0.2, -0.15) is 0 Å². The molecule has 134 valence electrons. The van der Waals surface area contributed by atoms with Gasteiger partial charge in [0.05, 0.1) is 24.4 Å². The number of nitrogens with one attached hydrogen (secondary N) is 1. The first kappa shape index (κ1) is 18.7. The Morgan fingerprint density at radius 3 is 2.50 bits per heavy atom. The molecule has 2 amide bonds. The summed E-state index contributed by atoms with van der Waals surface area (Å²) in [5.41, 5.74) is 2.03. The third-order valence-electron chi connectivity index (χ3n) is 3.81. The van der Waals surface area contributed by atoms with Gasteiger partial charge in [0.1, 0.15) is 0 Å². The Kier molecular flexibility index (Phi) is 6.24. The van der Waals surface area contributed by atoms with E-state index in [4.69, 9.17) is 9.47 Å². The van der Waals surface area contributed by atoms with E-state index in [9.17, 15) is 4.79 Å². The number of urea groups is 1. The van der Waals surface area contributed by atoms with Crippen LogP contribution in [0, 0.1) is 0 Å². The standard InChI is InChI=1S/C19H30N2O3/c1-14-11-21(12-15(2)24-14)18(22)20-10-16-7-6-8-17(9-16)13-23-19(3,4)5/h6-9,14-15H,10-13H2,1-5H3,(H,20,22). The molecule has 0 spiro atoms. The molecule has 2 unspecified atom stereocenters. The Balaban J connectivity index is 1.86. The summed E-state index contributed by atoms with van der Waals surface area (Å²) in [6.07, 6.45) is 0.162. The second-order valence-corrected chi connectivity index (χ2v) is 7.54. The van der Waals surface area contributed by atoms with Crippen molar-refractivity contribution in [2.45, 2.75) is 65.6 Å². The van der Waals surface area contributed by atoms with Crippen LogP contribution in [0.5, 0.6) is 0 Å². The highest BCUT2D eigenvalue weighted by Crippen LogP contribution is 2.14. The number of carbonyl (C=O) groups excluding carboxylic acids is 1. The third-order valence-corrected chi connectivity index (χ3v) is 3.81. The predicted molar refractivity (Wildman–Crippen MR) is 94.8 cm³/mol. The van der Waals surface area contributed by atoms with Crippen molar-refractivity contribution in [2.24, 2.45) is 0 Å². The van der Waals surface area contributed by atoms with Gasteiger partial charge in [-0.25, -0.2) is 4.79 Å². The highest BCUT2D eigenvalue weighted by Gasteiger charge is 2.25. The van der Waals surface area contributed by atoms with Gasteiger partial charge in [-0.1, -0.05) is 24.3 Å². The van der Waals surface area contributed by atoms with Gasteiger partial charge >= 0.3 is 6.03 Å². The molecule has 0 bridgehead atoms. The predicted octanol–water partition coefficient (Wildman–Crippen LogP) is 3.32. The maximum Gasteiger partial charge on any atom is 0.317 e. The van der Waals surface area contributed by atoms with Crippen molar-refractivity contribution < 1.29 is 14.3 Å². The zero-order valence-corrected chi connectivity index (χ0v) is 15.5. The summed E-state index contributed by atoms with van der Waals surface area (Å²) in [4.78, 5) is 14.2. The number of ether oxygens (including phenoxy) is 2. The van der Waals surface area contributed by atoms with E-state index in [2.05, 4.69) is 11.4 Å². The van der Waals surface area contributed by atoms with Crippen LogP contribution in [0.1, 0.15) is 45.7 Å². The molecule has 1 N–H and O–H groups in total. The van der Waals surface area contributed by atoms with E-state index in [0.717, 1.165) is 11.1 Å². The summed E-state index contributed by atoms with van der Waals surface area (Å²) < 4.78 is 11.5. The van der Waals surface area contributed by atoms with Gasteiger partial charge in [0.15, 0.2) is 0 Å². The number of rotatable bonds is 4. The fourth-order valence-corrected chi connectivity index (χ4v) is 2.76. The normalized spacial score (nSPS) is 21.6. The molecule has 24 heavy (non-hydrogen) atoms. The zero-order valence-electron chi connectivity index (χ0n) is 15.5. The highest BCUT2D eigenvalue weighted by atomic mass is 16.5. The van der Waals surface area contributed by atoms with E-state index in [-0.39, 0.29) is 23.8 Å². The van der Waals surface area contributed by atoms with Gasteiger partial charge in [0.2, 0.25) is 0 Å². The Morgan fingerprint density at radius 1 is 1.25 bits per heavy atom. The second-order valence-electron chi connectivity index (χ2n) is 7.54. The molecule has 0 aromatic heterocycles. The molecule has 1 fully saturated rings. The number of hydrogen-bond acceptors (Lipinski definition) is 3. The summed E-state index contributed by atoms with van der Waals surface area (Å²) in [7, 11) is 0. The number of morpholine rings is 1. The number of benzene rings is 1. The van der Waals surface area contributed by atoms with Crippen LogP contribution < -0.4 is 5.32 Å². The zero-order chi connectivity index (χ0) is 17.7. The first-order valence-electron chi connectivity index (χ1n) is 8.63. The Hall–Kier alpha value is -1.59. The lowest BCUT2D eigenvalue weighted by molar-refractivity contribution is -0.0545. The Labute approximate surface area is 145 Å². The SMILES string of the molecule is CC1CN(C(=O)NCc2cccc(COC(C)(C)C)c2)CC(C)O1. The van der Waals surface area contributed by atoms with E-state index in [1.165, 1.54) is 0 Å². The van der Waals surface area contributed by atoms with Crippen molar-refractivity contribution in [3.63, 3.8) is 0 Å². The van der Waals surface area contributed by atoms with Crippen LogP contribution in [-0.4, -0.2) is 41.8 Å². The molecule has 0 radical (unpaired) electrons. The fourth-order valence-electron chi connectivity index (χ4n) is 2.76. The minimum atomic E-state index is -0.159. The molecule has 1 heterocycles. The van der Waals surface area contributed by atoms with Gasteiger partial charge in [0, 0.05) is 19.6 Å². The average molecular weight is 334 g/mol. The van der Waals surface area contributed by atoms with Crippen molar-refractivity contribution >= 4 is 6.03 Å². The quantitative estimate of drug-likeness (QED) is 0.919. The lowest BCUT2D eigenvalue weighted by Gasteiger charge is -2.35. The van der Waals surface area contributed by atoms with Crippen LogP contribution in [-0.2, 0) is 22.6 Å². The minimum Gasteiger partial charge on any atom is -0.372 e. The molecule has 2 atom stereocenters. The summed E-state index contributed by atoms with van der Waals surface area (Å²) in [5, 5.41) is 3.00.